The molecule has 0 amide bonds. The third-order valence-corrected chi connectivity index (χ3v) is 5.13. The number of aliphatic hydroxyl groups is 3. The molecule has 4 unspecified atom stereocenters. The van der Waals surface area contributed by atoms with Gasteiger partial charge in [0.25, 0.3) is 0 Å². The van der Waals surface area contributed by atoms with Crippen LogP contribution in [0.25, 0.3) is 0 Å². The maximum absolute atomic E-state index is 11.1. The molecule has 0 aliphatic carbocycles. The molecule has 0 aromatic heterocycles. The zero-order valence-corrected chi connectivity index (χ0v) is 18.5. The molecule has 0 saturated heterocycles. The monoisotopic (exact) mass is 420 g/mol. The van der Waals surface area contributed by atoms with E-state index in [1.807, 2.05) is 13.0 Å². The molecular formula is C24H36O6. The van der Waals surface area contributed by atoms with Gasteiger partial charge in [-0.2, -0.15) is 0 Å². The number of allylic oxidation sites excluding steroid dienone is 5. The normalized spacial score (nSPS) is 20.8. The van der Waals surface area contributed by atoms with Gasteiger partial charge in [-0.05, 0) is 65.2 Å². The van der Waals surface area contributed by atoms with Crippen molar-refractivity contribution in [3.63, 3.8) is 0 Å². The molecule has 6 nitrogen and oxygen atoms in total. The van der Waals surface area contributed by atoms with E-state index in [0.29, 0.717) is 24.3 Å². The van der Waals surface area contributed by atoms with E-state index < -0.39 is 30.3 Å². The van der Waals surface area contributed by atoms with Crippen LogP contribution in [-0.4, -0.2) is 45.6 Å². The Balaban J connectivity index is 2.29. The van der Waals surface area contributed by atoms with Gasteiger partial charge in [-0.1, -0.05) is 42.4 Å². The number of carbonyl (C=O) groups excluding carboxylic acids is 2. The lowest BCUT2D eigenvalue weighted by Crippen LogP contribution is -2.32. The van der Waals surface area contributed by atoms with Crippen molar-refractivity contribution in [1.82, 2.24) is 0 Å². The van der Waals surface area contributed by atoms with Gasteiger partial charge in [-0.15, -0.1) is 0 Å². The highest BCUT2D eigenvalue weighted by atomic mass is 16.6. The van der Waals surface area contributed by atoms with E-state index in [2.05, 4.69) is 36.8 Å². The fourth-order valence-corrected chi connectivity index (χ4v) is 3.19. The lowest BCUT2D eigenvalue weighted by Gasteiger charge is -2.15. The number of esters is 1. The zero-order valence-electron chi connectivity index (χ0n) is 18.5. The van der Waals surface area contributed by atoms with Crippen LogP contribution < -0.4 is 0 Å². The van der Waals surface area contributed by atoms with Crippen molar-refractivity contribution in [2.75, 3.05) is 0 Å². The highest BCUT2D eigenvalue weighted by Gasteiger charge is 2.22. The van der Waals surface area contributed by atoms with Crippen LogP contribution in [0.3, 0.4) is 0 Å². The zero-order chi connectivity index (χ0) is 22.7. The summed E-state index contributed by atoms with van der Waals surface area (Å²) in [6, 6.07) is 0. The number of rotatable bonds is 13. The van der Waals surface area contributed by atoms with Crippen LogP contribution in [0.15, 0.2) is 47.1 Å². The van der Waals surface area contributed by atoms with Crippen molar-refractivity contribution >= 4 is 11.8 Å². The summed E-state index contributed by atoms with van der Waals surface area (Å²) in [6.45, 7) is 7.36. The van der Waals surface area contributed by atoms with Crippen molar-refractivity contribution in [2.45, 2.75) is 84.7 Å². The van der Waals surface area contributed by atoms with E-state index in [-0.39, 0.29) is 0 Å². The summed E-state index contributed by atoms with van der Waals surface area (Å²) in [5, 5.41) is 28.9. The predicted molar refractivity (Wildman–Crippen MR) is 116 cm³/mol. The Labute approximate surface area is 179 Å². The standard InChI is InChI=1S/C24H36O6/c1-16(10-6-12-18(3)14-21(26)23(28)19(4)25)8-5-9-17(2)11-7-13-20-15-22(27)30-24(20)29/h5,8-9,12,15-16,21,23-24,26,28-29H,6-7,10-11,13-14H2,1-4H3/b8-5+,17-9+,18-12-. The first kappa shape index (κ1) is 26.0. The lowest BCUT2D eigenvalue weighted by atomic mass is 9.99. The van der Waals surface area contributed by atoms with Gasteiger partial charge >= 0.3 is 5.97 Å². The number of carbonyl (C=O) groups is 2. The molecule has 1 rings (SSSR count). The van der Waals surface area contributed by atoms with Crippen molar-refractivity contribution in [2.24, 2.45) is 5.92 Å². The minimum atomic E-state index is -1.32. The first-order valence-electron chi connectivity index (χ1n) is 10.6. The summed E-state index contributed by atoms with van der Waals surface area (Å²) >= 11 is 0. The molecule has 3 N–H and O–H groups in total. The van der Waals surface area contributed by atoms with Gasteiger partial charge in [0.2, 0.25) is 6.29 Å². The molecule has 0 saturated carbocycles. The highest BCUT2D eigenvalue weighted by Crippen LogP contribution is 2.20. The van der Waals surface area contributed by atoms with Crippen molar-refractivity contribution in [3.8, 4) is 0 Å². The van der Waals surface area contributed by atoms with Crippen LogP contribution in [0.4, 0.5) is 0 Å². The maximum Gasteiger partial charge on any atom is 0.333 e. The van der Waals surface area contributed by atoms with Gasteiger partial charge in [0.1, 0.15) is 6.10 Å². The molecule has 1 aliphatic heterocycles. The minimum Gasteiger partial charge on any atom is -0.429 e. The molecule has 0 aromatic carbocycles. The van der Waals surface area contributed by atoms with Crippen LogP contribution in [0.5, 0.6) is 0 Å². The van der Waals surface area contributed by atoms with Gasteiger partial charge in [0.05, 0.1) is 6.10 Å². The molecule has 0 fully saturated rings. The molecule has 1 aliphatic rings. The lowest BCUT2D eigenvalue weighted by molar-refractivity contribution is -0.151. The van der Waals surface area contributed by atoms with E-state index in [1.54, 1.807) is 0 Å². The van der Waals surface area contributed by atoms with Crippen molar-refractivity contribution in [3.05, 3.63) is 47.1 Å². The van der Waals surface area contributed by atoms with Crippen LogP contribution >= 0.6 is 0 Å². The van der Waals surface area contributed by atoms with Gasteiger partial charge in [-0.3, -0.25) is 4.79 Å². The molecule has 1 heterocycles. The maximum atomic E-state index is 11.1. The third-order valence-electron chi connectivity index (χ3n) is 5.13. The Kier molecular flexibility index (Phi) is 11.5. The second-order valence-corrected chi connectivity index (χ2v) is 8.19. The molecule has 0 bridgehead atoms. The fourth-order valence-electron chi connectivity index (χ4n) is 3.19. The summed E-state index contributed by atoms with van der Waals surface area (Å²) in [7, 11) is 0. The van der Waals surface area contributed by atoms with Gasteiger partial charge in [0, 0.05) is 11.6 Å². The molecule has 168 valence electrons. The van der Waals surface area contributed by atoms with E-state index in [4.69, 9.17) is 0 Å². The highest BCUT2D eigenvalue weighted by molar-refractivity contribution is 5.85. The Bertz CT molecular complexity index is 700. The van der Waals surface area contributed by atoms with Gasteiger partial charge < -0.3 is 20.1 Å². The molecule has 6 heteroatoms. The molecule has 30 heavy (non-hydrogen) atoms. The van der Waals surface area contributed by atoms with E-state index >= 15 is 0 Å². The molecule has 0 aromatic rings. The Morgan fingerprint density at radius 3 is 2.53 bits per heavy atom. The largest absolute Gasteiger partial charge is 0.429 e. The average Bonchev–Trinajstić information content (AvgIpc) is 2.98. The fraction of sp³-hybridized carbons (Fsp3) is 0.583. The smallest absolute Gasteiger partial charge is 0.333 e. The second kappa shape index (κ2) is 13.3. The van der Waals surface area contributed by atoms with Gasteiger partial charge in [-0.25, -0.2) is 4.79 Å². The number of ketones is 1. The number of aliphatic hydroxyl groups excluding tert-OH is 3. The quantitative estimate of drug-likeness (QED) is 0.239. The first-order chi connectivity index (χ1) is 14.1. The van der Waals surface area contributed by atoms with E-state index in [1.165, 1.54) is 18.6 Å². The predicted octanol–water partition coefficient (Wildman–Crippen LogP) is 3.52. The number of ether oxygens (including phenoxy) is 1. The topological polar surface area (TPSA) is 104 Å². The summed E-state index contributed by atoms with van der Waals surface area (Å²) in [6.07, 6.45) is 10.7. The summed E-state index contributed by atoms with van der Waals surface area (Å²) < 4.78 is 4.67. The SMILES string of the molecule is CC(=O)C(O)C(O)C/C(C)=C\CCC(C)/C=C/C=C(\C)CCCC1=CC(=O)OC1O. The number of cyclic esters (lactones) is 1. The van der Waals surface area contributed by atoms with E-state index in [9.17, 15) is 24.9 Å². The van der Waals surface area contributed by atoms with Crippen molar-refractivity contribution < 1.29 is 29.6 Å². The molecule has 0 radical (unpaired) electrons. The van der Waals surface area contributed by atoms with E-state index in [0.717, 1.165) is 31.3 Å². The first-order valence-corrected chi connectivity index (χ1v) is 10.6. The van der Waals surface area contributed by atoms with Crippen LogP contribution in [0, 0.1) is 5.92 Å². The second-order valence-electron chi connectivity index (χ2n) is 8.19. The summed E-state index contributed by atoms with van der Waals surface area (Å²) in [5.41, 5.74) is 2.83. The minimum absolute atomic E-state index is 0.293. The third kappa shape index (κ3) is 10.1. The van der Waals surface area contributed by atoms with Crippen LogP contribution in [-0.2, 0) is 14.3 Å². The molecule has 4 atom stereocenters. The molecular weight excluding hydrogens is 384 g/mol. The van der Waals surface area contributed by atoms with Crippen molar-refractivity contribution in [1.29, 1.82) is 0 Å². The summed E-state index contributed by atoms with van der Waals surface area (Å²) in [5.74, 6) is -0.501. The average molecular weight is 421 g/mol. The Hall–Kier alpha value is -2.02. The summed E-state index contributed by atoms with van der Waals surface area (Å²) in [4.78, 5) is 22.2. The van der Waals surface area contributed by atoms with Crippen LogP contribution in [0.2, 0.25) is 0 Å². The van der Waals surface area contributed by atoms with Gasteiger partial charge in [0.15, 0.2) is 5.78 Å². The number of hydrogen-bond donors (Lipinski definition) is 3. The molecule has 0 spiro atoms. The number of Topliss-reactive ketones (excluding diaryl/α,β-unsaturated/α-hetero) is 1. The Morgan fingerprint density at radius 2 is 1.93 bits per heavy atom. The number of hydrogen-bond acceptors (Lipinski definition) is 6. The van der Waals surface area contributed by atoms with Crippen LogP contribution in [0.1, 0.15) is 66.2 Å². The Morgan fingerprint density at radius 1 is 1.23 bits per heavy atom.